The van der Waals surface area contributed by atoms with E-state index < -0.39 is 0 Å². The summed E-state index contributed by atoms with van der Waals surface area (Å²) in [4.78, 5) is 2.95. The van der Waals surface area contributed by atoms with Gasteiger partial charge in [0, 0.05) is 17.4 Å². The van der Waals surface area contributed by atoms with Gasteiger partial charge in [0.1, 0.15) is 0 Å². The van der Waals surface area contributed by atoms with Crippen LogP contribution in [-0.2, 0) is 0 Å². The van der Waals surface area contributed by atoms with Crippen molar-refractivity contribution < 1.29 is 0 Å². The molecule has 2 saturated carbocycles. The summed E-state index contributed by atoms with van der Waals surface area (Å²) in [6.07, 6.45) is 19.0. The number of nitrogens with zero attached hydrogens (tertiary/aromatic N) is 1. The lowest BCUT2D eigenvalue weighted by atomic mass is 9.88. The van der Waals surface area contributed by atoms with Gasteiger partial charge in [-0.2, -0.15) is 0 Å². The topological polar surface area (TPSA) is 3.24 Å². The van der Waals surface area contributed by atoms with Gasteiger partial charge in [-0.15, -0.1) is 0 Å². The molecule has 0 saturated heterocycles. The van der Waals surface area contributed by atoms with E-state index in [1.165, 1.54) is 95.3 Å². The number of alkyl halides is 1. The zero-order valence-electron chi connectivity index (χ0n) is 12.6. The Balaban J connectivity index is 1.83. The highest BCUT2D eigenvalue weighted by atomic mass is 79.9. The van der Waals surface area contributed by atoms with Crippen molar-refractivity contribution >= 4 is 15.9 Å². The van der Waals surface area contributed by atoms with Crippen LogP contribution >= 0.6 is 15.9 Å². The molecule has 0 radical (unpaired) electrons. The average Bonchev–Trinajstić information content (AvgIpc) is 2.49. The molecule has 0 atom stereocenters. The summed E-state index contributed by atoms with van der Waals surface area (Å²) in [6.45, 7) is 1.38. The summed E-state index contributed by atoms with van der Waals surface area (Å²) < 4.78 is 0. The van der Waals surface area contributed by atoms with Crippen molar-refractivity contribution in [3.05, 3.63) is 0 Å². The van der Waals surface area contributed by atoms with Crippen LogP contribution in [0.15, 0.2) is 0 Å². The average molecular weight is 330 g/mol. The predicted molar refractivity (Wildman–Crippen MR) is 88.1 cm³/mol. The van der Waals surface area contributed by atoms with Crippen LogP contribution in [0.5, 0.6) is 0 Å². The molecule has 2 aliphatic carbocycles. The fourth-order valence-electron chi connectivity index (χ4n) is 4.05. The third-order valence-electron chi connectivity index (χ3n) is 5.14. The summed E-state index contributed by atoms with van der Waals surface area (Å²) in [5, 5.41) is 1.18. The quantitative estimate of drug-likeness (QED) is 0.439. The Hall–Kier alpha value is 0.440. The van der Waals surface area contributed by atoms with E-state index in [4.69, 9.17) is 0 Å². The summed E-state index contributed by atoms with van der Waals surface area (Å²) in [5.74, 6) is 0. The number of hydrogen-bond acceptors (Lipinski definition) is 1. The van der Waals surface area contributed by atoms with E-state index >= 15 is 0 Å². The van der Waals surface area contributed by atoms with Crippen molar-refractivity contribution in [2.45, 2.75) is 95.6 Å². The highest BCUT2D eigenvalue weighted by Crippen LogP contribution is 2.30. The maximum atomic E-state index is 3.56. The summed E-state index contributed by atoms with van der Waals surface area (Å²) >= 11 is 3.56. The van der Waals surface area contributed by atoms with Gasteiger partial charge in [0.15, 0.2) is 0 Å². The first-order valence-electron chi connectivity index (χ1n) is 8.73. The van der Waals surface area contributed by atoms with Crippen LogP contribution < -0.4 is 0 Å². The normalized spacial score (nSPS) is 23.1. The fraction of sp³-hybridized carbons (Fsp3) is 1.00. The van der Waals surface area contributed by atoms with Crippen molar-refractivity contribution in [3.8, 4) is 0 Å². The highest BCUT2D eigenvalue weighted by Gasteiger charge is 2.28. The number of rotatable bonds is 7. The minimum atomic E-state index is 0.931. The predicted octanol–water partition coefficient (Wildman–Crippen LogP) is 5.52. The molecule has 0 unspecified atom stereocenters. The van der Waals surface area contributed by atoms with Crippen molar-refractivity contribution in [1.29, 1.82) is 0 Å². The monoisotopic (exact) mass is 329 g/mol. The molecule has 2 aliphatic rings. The molecule has 19 heavy (non-hydrogen) atoms. The second-order valence-electron chi connectivity index (χ2n) is 6.57. The molecule has 0 heterocycles. The Bertz CT molecular complexity index is 201. The van der Waals surface area contributed by atoms with Crippen LogP contribution in [0.25, 0.3) is 0 Å². The molecule has 0 aromatic heterocycles. The first kappa shape index (κ1) is 15.8. The molecule has 112 valence electrons. The summed E-state index contributed by atoms with van der Waals surface area (Å²) in [6, 6.07) is 1.86. The molecule has 0 amide bonds. The Labute approximate surface area is 128 Å². The molecule has 0 bridgehead atoms. The van der Waals surface area contributed by atoms with Gasteiger partial charge in [0.05, 0.1) is 0 Å². The molecular weight excluding hydrogens is 298 g/mol. The SMILES string of the molecule is BrCCCCCN(C1CCCCC1)C1CCCCC1. The van der Waals surface area contributed by atoms with Crippen molar-refractivity contribution in [2.24, 2.45) is 0 Å². The van der Waals surface area contributed by atoms with Gasteiger partial charge in [-0.25, -0.2) is 0 Å². The zero-order chi connectivity index (χ0) is 13.3. The summed E-state index contributed by atoms with van der Waals surface area (Å²) in [7, 11) is 0. The van der Waals surface area contributed by atoms with Crippen LogP contribution in [0.4, 0.5) is 0 Å². The van der Waals surface area contributed by atoms with E-state index in [9.17, 15) is 0 Å². The first-order valence-corrected chi connectivity index (χ1v) is 9.85. The largest absolute Gasteiger partial charge is 0.297 e. The third kappa shape index (κ3) is 5.38. The number of hydrogen-bond donors (Lipinski definition) is 0. The van der Waals surface area contributed by atoms with E-state index in [0.717, 1.165) is 12.1 Å². The Morgan fingerprint density at radius 2 is 1.21 bits per heavy atom. The second-order valence-corrected chi connectivity index (χ2v) is 7.36. The second kappa shape index (κ2) is 9.39. The minimum absolute atomic E-state index is 0.931. The smallest absolute Gasteiger partial charge is 0.00981 e. The molecule has 0 aromatic rings. The van der Waals surface area contributed by atoms with Gasteiger partial charge >= 0.3 is 0 Å². The van der Waals surface area contributed by atoms with Gasteiger partial charge in [0.25, 0.3) is 0 Å². The van der Waals surface area contributed by atoms with Crippen LogP contribution in [0.2, 0.25) is 0 Å². The van der Waals surface area contributed by atoms with Crippen molar-refractivity contribution in [2.75, 3.05) is 11.9 Å². The third-order valence-corrected chi connectivity index (χ3v) is 5.70. The molecular formula is C17H32BrN. The van der Waals surface area contributed by atoms with Crippen LogP contribution in [0.1, 0.15) is 83.5 Å². The Kier molecular flexibility index (Phi) is 7.82. The molecule has 1 nitrogen and oxygen atoms in total. The number of halogens is 1. The molecule has 0 N–H and O–H groups in total. The van der Waals surface area contributed by atoms with Gasteiger partial charge in [0.2, 0.25) is 0 Å². The molecule has 0 aliphatic heterocycles. The van der Waals surface area contributed by atoms with E-state index in [0.29, 0.717) is 0 Å². The van der Waals surface area contributed by atoms with E-state index in [1.807, 2.05) is 0 Å². The fourth-order valence-corrected chi connectivity index (χ4v) is 4.45. The molecule has 0 spiro atoms. The van der Waals surface area contributed by atoms with E-state index in [-0.39, 0.29) is 0 Å². The molecule has 2 rings (SSSR count). The van der Waals surface area contributed by atoms with E-state index in [2.05, 4.69) is 20.8 Å². The van der Waals surface area contributed by atoms with E-state index in [1.54, 1.807) is 0 Å². The molecule has 2 fully saturated rings. The maximum Gasteiger partial charge on any atom is 0.00981 e. The first-order chi connectivity index (χ1) is 9.42. The van der Waals surface area contributed by atoms with Gasteiger partial charge in [-0.3, -0.25) is 4.90 Å². The minimum Gasteiger partial charge on any atom is -0.297 e. The van der Waals surface area contributed by atoms with Crippen molar-refractivity contribution in [3.63, 3.8) is 0 Å². The Morgan fingerprint density at radius 3 is 1.68 bits per heavy atom. The molecule has 0 aromatic carbocycles. The van der Waals surface area contributed by atoms with Crippen molar-refractivity contribution in [1.82, 2.24) is 4.90 Å². The van der Waals surface area contributed by atoms with Gasteiger partial charge in [-0.1, -0.05) is 60.9 Å². The lowest BCUT2D eigenvalue weighted by molar-refractivity contribution is 0.0790. The van der Waals surface area contributed by atoms with Gasteiger partial charge in [-0.05, 0) is 45.1 Å². The highest BCUT2D eigenvalue weighted by molar-refractivity contribution is 9.09. The lowest BCUT2D eigenvalue weighted by Gasteiger charge is -2.41. The van der Waals surface area contributed by atoms with Gasteiger partial charge < -0.3 is 0 Å². The van der Waals surface area contributed by atoms with Crippen LogP contribution in [0, 0.1) is 0 Å². The van der Waals surface area contributed by atoms with Crippen LogP contribution in [0.3, 0.4) is 0 Å². The van der Waals surface area contributed by atoms with Crippen LogP contribution in [-0.4, -0.2) is 28.9 Å². The number of unbranched alkanes of at least 4 members (excludes halogenated alkanes) is 2. The lowest BCUT2D eigenvalue weighted by Crippen LogP contribution is -2.45. The zero-order valence-corrected chi connectivity index (χ0v) is 14.2. The standard InChI is InChI=1S/C17H32BrN/c18-14-8-3-9-15-19(16-10-4-1-5-11-16)17-12-6-2-7-13-17/h16-17H,1-15H2. The molecule has 2 heteroatoms. The summed E-state index contributed by atoms with van der Waals surface area (Å²) in [5.41, 5.74) is 0. The maximum absolute atomic E-state index is 3.56. The Morgan fingerprint density at radius 1 is 0.684 bits per heavy atom.